The first-order chi connectivity index (χ1) is 18.5. The van der Waals surface area contributed by atoms with Gasteiger partial charge in [-0.3, -0.25) is 18.9 Å². The fraction of sp³-hybridized carbons (Fsp3) is 0.185. The standard InChI is InChI=1S/C27H22FN5O3S2/c28-18-6-8-19(9-7-18)30-11-13-31(14-12-30)24-21(25(34)32-10-2-1-5-23(32)29-24)16-22-26(35)33(27(37)38-22)17-20-4-3-15-36-20/h1-10,15-16H,11-14,17H2/b22-16-. The zero-order valence-corrected chi connectivity index (χ0v) is 21.8. The van der Waals surface area contributed by atoms with E-state index in [2.05, 4.69) is 9.80 Å². The van der Waals surface area contributed by atoms with Crippen molar-refractivity contribution in [1.82, 2.24) is 14.3 Å². The molecular formula is C27H22FN5O3S2. The number of hydrogen-bond donors (Lipinski definition) is 0. The molecule has 0 spiro atoms. The van der Waals surface area contributed by atoms with Crippen molar-refractivity contribution in [2.24, 2.45) is 0 Å². The molecule has 2 aliphatic heterocycles. The third-order valence-electron chi connectivity index (χ3n) is 6.56. The van der Waals surface area contributed by atoms with Crippen molar-refractivity contribution in [3.05, 3.63) is 99.5 Å². The van der Waals surface area contributed by atoms with Crippen LogP contribution in [0.3, 0.4) is 0 Å². The van der Waals surface area contributed by atoms with E-state index in [1.807, 2.05) is 6.07 Å². The Bertz CT molecular complexity index is 1610. The van der Waals surface area contributed by atoms with Gasteiger partial charge < -0.3 is 14.2 Å². The van der Waals surface area contributed by atoms with Crippen LogP contribution in [0.4, 0.5) is 15.9 Å². The zero-order valence-electron chi connectivity index (χ0n) is 20.1. The Morgan fingerprint density at radius 3 is 2.50 bits per heavy atom. The molecule has 2 fully saturated rings. The summed E-state index contributed by atoms with van der Waals surface area (Å²) in [4.78, 5) is 37.8. The van der Waals surface area contributed by atoms with Gasteiger partial charge in [-0.1, -0.05) is 30.0 Å². The van der Waals surface area contributed by atoms with Crippen LogP contribution in [0, 0.1) is 5.82 Å². The number of rotatable bonds is 5. The van der Waals surface area contributed by atoms with Gasteiger partial charge in [-0.15, -0.1) is 0 Å². The van der Waals surface area contributed by atoms with Crippen LogP contribution >= 0.6 is 24.0 Å². The second-order valence-corrected chi connectivity index (χ2v) is 10.6. The number of carbonyl (C=O) groups excluding carboxylic acids is 1. The van der Waals surface area contributed by atoms with Crippen molar-refractivity contribution >= 4 is 57.4 Å². The third kappa shape index (κ3) is 4.59. The van der Waals surface area contributed by atoms with Crippen LogP contribution in [0.1, 0.15) is 11.3 Å². The van der Waals surface area contributed by atoms with Crippen molar-refractivity contribution in [3.8, 4) is 0 Å². The first kappa shape index (κ1) is 24.4. The van der Waals surface area contributed by atoms with Crippen molar-refractivity contribution in [1.29, 1.82) is 0 Å². The minimum absolute atomic E-state index is 0.224. The van der Waals surface area contributed by atoms with E-state index in [-0.39, 0.29) is 23.8 Å². The molecule has 192 valence electrons. The van der Waals surface area contributed by atoms with Crippen molar-refractivity contribution in [2.75, 3.05) is 36.0 Å². The zero-order chi connectivity index (χ0) is 26.2. The van der Waals surface area contributed by atoms with Gasteiger partial charge in [0.25, 0.3) is 11.5 Å². The Balaban J connectivity index is 1.33. The molecule has 3 aromatic heterocycles. The molecule has 1 amide bonds. The summed E-state index contributed by atoms with van der Waals surface area (Å²) in [5.74, 6) is 0.597. The Labute approximate surface area is 227 Å². The molecule has 8 nitrogen and oxygen atoms in total. The fourth-order valence-electron chi connectivity index (χ4n) is 4.61. The first-order valence-electron chi connectivity index (χ1n) is 12.0. The highest BCUT2D eigenvalue weighted by atomic mass is 32.2. The van der Waals surface area contributed by atoms with E-state index < -0.39 is 0 Å². The largest absolute Gasteiger partial charge is 0.467 e. The van der Waals surface area contributed by atoms with E-state index in [9.17, 15) is 14.0 Å². The van der Waals surface area contributed by atoms with E-state index in [1.165, 1.54) is 21.4 Å². The maximum atomic E-state index is 13.6. The lowest BCUT2D eigenvalue weighted by Gasteiger charge is -2.37. The van der Waals surface area contributed by atoms with Gasteiger partial charge in [-0.05, 0) is 54.6 Å². The normalized spacial score (nSPS) is 17.3. The highest BCUT2D eigenvalue weighted by molar-refractivity contribution is 8.26. The average Bonchev–Trinajstić information content (AvgIpc) is 3.55. The summed E-state index contributed by atoms with van der Waals surface area (Å²) < 4.78 is 20.6. The number of thioether (sulfide) groups is 1. The fourth-order valence-corrected chi connectivity index (χ4v) is 5.85. The Hall–Kier alpha value is -3.96. The molecule has 2 saturated heterocycles. The van der Waals surface area contributed by atoms with Gasteiger partial charge in [0.15, 0.2) is 0 Å². The van der Waals surface area contributed by atoms with Gasteiger partial charge in [0.05, 0.1) is 23.3 Å². The number of carbonyl (C=O) groups is 1. The molecule has 0 saturated carbocycles. The highest BCUT2D eigenvalue weighted by Gasteiger charge is 2.34. The van der Waals surface area contributed by atoms with Gasteiger partial charge in [0, 0.05) is 38.1 Å². The number of nitrogens with zero attached hydrogens (tertiary/aromatic N) is 5. The molecule has 0 radical (unpaired) electrons. The molecule has 6 rings (SSSR count). The molecule has 0 aliphatic carbocycles. The maximum absolute atomic E-state index is 13.6. The monoisotopic (exact) mass is 547 g/mol. The van der Waals surface area contributed by atoms with Crippen molar-refractivity contribution < 1.29 is 13.6 Å². The molecule has 0 N–H and O–H groups in total. The number of pyridine rings is 1. The predicted octanol–water partition coefficient (Wildman–Crippen LogP) is 4.15. The predicted molar refractivity (Wildman–Crippen MR) is 150 cm³/mol. The number of hydrogen-bond acceptors (Lipinski definition) is 8. The third-order valence-corrected chi connectivity index (χ3v) is 7.94. The number of piperazine rings is 1. The Kier molecular flexibility index (Phi) is 6.46. The second kappa shape index (κ2) is 10.1. The van der Waals surface area contributed by atoms with Crippen molar-refractivity contribution in [2.45, 2.75) is 6.54 Å². The van der Waals surface area contributed by atoms with Crippen LogP contribution in [0.5, 0.6) is 0 Å². The van der Waals surface area contributed by atoms with Crippen LogP contribution in [0.25, 0.3) is 11.7 Å². The number of thiocarbonyl (C=S) groups is 1. The number of anilines is 2. The topological polar surface area (TPSA) is 74.3 Å². The number of aromatic nitrogens is 2. The number of amides is 1. The first-order valence-corrected chi connectivity index (χ1v) is 13.2. The SMILES string of the molecule is O=C1/C(=C/c2c(N3CCN(c4ccc(F)cc4)CC3)nc3ccccn3c2=O)SC(=S)N1Cc1ccco1. The van der Waals surface area contributed by atoms with E-state index >= 15 is 0 Å². The molecule has 1 aromatic carbocycles. The summed E-state index contributed by atoms with van der Waals surface area (Å²) in [6, 6.07) is 15.4. The molecule has 38 heavy (non-hydrogen) atoms. The summed E-state index contributed by atoms with van der Waals surface area (Å²) in [5.41, 5.74) is 1.54. The van der Waals surface area contributed by atoms with Crippen LogP contribution < -0.4 is 15.4 Å². The highest BCUT2D eigenvalue weighted by Crippen LogP contribution is 2.34. The summed E-state index contributed by atoms with van der Waals surface area (Å²) >= 11 is 6.63. The molecule has 5 heterocycles. The van der Waals surface area contributed by atoms with Gasteiger partial charge in [-0.25, -0.2) is 9.37 Å². The average molecular weight is 548 g/mol. The van der Waals surface area contributed by atoms with Gasteiger partial charge in [0.1, 0.15) is 27.4 Å². The number of fused-ring (bicyclic) bond motifs is 1. The van der Waals surface area contributed by atoms with Crippen LogP contribution in [0.15, 0.2) is 81.2 Å². The van der Waals surface area contributed by atoms with E-state index in [4.69, 9.17) is 21.6 Å². The van der Waals surface area contributed by atoms with E-state index in [0.29, 0.717) is 58.2 Å². The second-order valence-electron chi connectivity index (χ2n) is 8.88. The Morgan fingerprint density at radius 1 is 1.00 bits per heavy atom. The van der Waals surface area contributed by atoms with E-state index in [1.54, 1.807) is 54.9 Å². The molecular weight excluding hydrogens is 525 g/mol. The molecule has 0 unspecified atom stereocenters. The van der Waals surface area contributed by atoms with E-state index in [0.717, 1.165) is 17.4 Å². The molecule has 0 bridgehead atoms. The maximum Gasteiger partial charge on any atom is 0.267 e. The number of benzene rings is 1. The van der Waals surface area contributed by atoms with Gasteiger partial charge in [-0.2, -0.15) is 0 Å². The molecule has 4 aromatic rings. The smallest absolute Gasteiger partial charge is 0.267 e. The molecule has 2 aliphatic rings. The molecule has 11 heteroatoms. The quantitative estimate of drug-likeness (QED) is 0.273. The van der Waals surface area contributed by atoms with Crippen LogP contribution in [0.2, 0.25) is 0 Å². The summed E-state index contributed by atoms with van der Waals surface area (Å²) in [6.07, 6.45) is 4.82. The van der Waals surface area contributed by atoms with Gasteiger partial charge in [0.2, 0.25) is 0 Å². The number of furan rings is 1. The van der Waals surface area contributed by atoms with Crippen LogP contribution in [-0.2, 0) is 11.3 Å². The minimum atomic E-state index is -0.277. The number of halogens is 1. The molecule has 0 atom stereocenters. The Morgan fingerprint density at radius 2 is 1.76 bits per heavy atom. The lowest BCUT2D eigenvalue weighted by molar-refractivity contribution is -0.122. The summed E-state index contributed by atoms with van der Waals surface area (Å²) in [6.45, 7) is 2.78. The summed E-state index contributed by atoms with van der Waals surface area (Å²) in [7, 11) is 0. The van der Waals surface area contributed by atoms with Crippen molar-refractivity contribution in [3.63, 3.8) is 0 Å². The lowest BCUT2D eigenvalue weighted by Crippen LogP contribution is -2.47. The van der Waals surface area contributed by atoms with Gasteiger partial charge >= 0.3 is 0 Å². The lowest BCUT2D eigenvalue weighted by atomic mass is 10.2. The van der Waals surface area contributed by atoms with Crippen LogP contribution in [-0.4, -0.2) is 50.7 Å². The summed E-state index contributed by atoms with van der Waals surface area (Å²) in [5, 5.41) is 0. The minimum Gasteiger partial charge on any atom is -0.467 e.